The zero-order valence-electron chi connectivity index (χ0n) is 17.1. The number of methoxy groups -OCH3 is 2. The fourth-order valence-electron chi connectivity index (χ4n) is 3.00. The van der Waals surface area contributed by atoms with Gasteiger partial charge in [-0.05, 0) is 42.8 Å². The molecule has 1 aliphatic heterocycles. The van der Waals surface area contributed by atoms with Crippen LogP contribution in [0.5, 0.6) is 5.75 Å². The van der Waals surface area contributed by atoms with Crippen molar-refractivity contribution in [3.05, 3.63) is 71.8 Å². The fraction of sp³-hybridized carbons (Fsp3) is 0.318. The van der Waals surface area contributed by atoms with E-state index in [1.54, 1.807) is 49.6 Å². The number of aryl methyl sites for hydroxylation is 1. The minimum Gasteiger partial charge on any atom is -0.497 e. The van der Waals surface area contributed by atoms with Gasteiger partial charge in [-0.25, -0.2) is 13.2 Å². The molecule has 1 heterocycles. The van der Waals surface area contributed by atoms with Crippen LogP contribution in [-0.2, 0) is 30.8 Å². The highest BCUT2D eigenvalue weighted by Crippen LogP contribution is 2.28. The Morgan fingerprint density at radius 3 is 2.57 bits per heavy atom. The lowest BCUT2D eigenvalue weighted by molar-refractivity contribution is -0.134. The van der Waals surface area contributed by atoms with Crippen molar-refractivity contribution in [2.24, 2.45) is 0 Å². The molecule has 2 atom stereocenters. The van der Waals surface area contributed by atoms with Crippen molar-refractivity contribution < 1.29 is 27.4 Å². The Hall–Kier alpha value is -2.68. The average molecular weight is 432 g/mol. The van der Waals surface area contributed by atoms with Crippen LogP contribution in [0.1, 0.15) is 11.1 Å². The molecule has 0 aliphatic carbocycles. The first-order valence-electron chi connectivity index (χ1n) is 9.45. The van der Waals surface area contributed by atoms with Crippen molar-refractivity contribution in [1.29, 1.82) is 0 Å². The molecule has 160 valence electrons. The summed E-state index contributed by atoms with van der Waals surface area (Å²) < 4.78 is 43.4. The third kappa shape index (κ3) is 5.47. The van der Waals surface area contributed by atoms with Crippen LogP contribution < -0.4 is 4.74 Å². The van der Waals surface area contributed by atoms with Gasteiger partial charge >= 0.3 is 5.97 Å². The van der Waals surface area contributed by atoms with Gasteiger partial charge in [-0.1, -0.05) is 29.8 Å². The Labute approximate surface area is 176 Å². The van der Waals surface area contributed by atoms with Crippen LogP contribution >= 0.6 is 0 Å². The number of sulfonamides is 1. The molecule has 0 unspecified atom stereocenters. The molecule has 3 rings (SSSR count). The molecular weight excluding hydrogens is 406 g/mol. The molecule has 0 radical (unpaired) electrons. The van der Waals surface area contributed by atoms with Crippen molar-refractivity contribution in [3.63, 3.8) is 0 Å². The second-order valence-electron chi connectivity index (χ2n) is 6.98. The maximum atomic E-state index is 13.3. The van der Waals surface area contributed by atoms with Crippen molar-refractivity contribution in [2.45, 2.75) is 30.6 Å². The van der Waals surface area contributed by atoms with Crippen LogP contribution in [0.3, 0.4) is 0 Å². The molecule has 0 saturated carbocycles. The Balaban J connectivity index is 1.82. The van der Waals surface area contributed by atoms with Gasteiger partial charge in [0.15, 0.2) is 0 Å². The minimum atomic E-state index is -3.75. The lowest BCUT2D eigenvalue weighted by Crippen LogP contribution is -2.34. The van der Waals surface area contributed by atoms with Gasteiger partial charge in [-0.15, -0.1) is 0 Å². The SMILES string of the molecule is COC(=O)/C=C/[C@@H]1O[C@H]1CN(Cc1cccc(OC)c1)S(=O)(=O)c1ccc(C)cc1. The maximum absolute atomic E-state index is 13.3. The summed E-state index contributed by atoms with van der Waals surface area (Å²) in [6.07, 6.45) is 2.20. The van der Waals surface area contributed by atoms with Crippen molar-refractivity contribution in [1.82, 2.24) is 4.31 Å². The Morgan fingerprint density at radius 2 is 1.90 bits per heavy atom. The van der Waals surface area contributed by atoms with Crippen LogP contribution in [0.2, 0.25) is 0 Å². The highest BCUT2D eigenvalue weighted by atomic mass is 32.2. The van der Waals surface area contributed by atoms with Gasteiger partial charge in [0.2, 0.25) is 10.0 Å². The van der Waals surface area contributed by atoms with Gasteiger partial charge in [0.1, 0.15) is 18.0 Å². The number of hydrogen-bond donors (Lipinski definition) is 0. The summed E-state index contributed by atoms with van der Waals surface area (Å²) in [7, 11) is -0.894. The van der Waals surface area contributed by atoms with Gasteiger partial charge in [-0.3, -0.25) is 0 Å². The van der Waals surface area contributed by atoms with Crippen LogP contribution in [0.15, 0.2) is 65.6 Å². The minimum absolute atomic E-state index is 0.156. The van der Waals surface area contributed by atoms with E-state index in [-0.39, 0.29) is 30.2 Å². The summed E-state index contributed by atoms with van der Waals surface area (Å²) in [5.74, 6) is 0.173. The van der Waals surface area contributed by atoms with Crippen LogP contribution in [-0.4, -0.2) is 51.7 Å². The largest absolute Gasteiger partial charge is 0.497 e. The van der Waals surface area contributed by atoms with Crippen molar-refractivity contribution in [2.75, 3.05) is 20.8 Å². The van der Waals surface area contributed by atoms with Gasteiger partial charge in [0.25, 0.3) is 0 Å². The quantitative estimate of drug-likeness (QED) is 0.345. The van der Waals surface area contributed by atoms with E-state index in [0.29, 0.717) is 5.75 Å². The smallest absolute Gasteiger partial charge is 0.330 e. The van der Waals surface area contributed by atoms with E-state index in [0.717, 1.165) is 11.1 Å². The average Bonchev–Trinajstić information content (AvgIpc) is 3.49. The standard InChI is InChI=1S/C22H25NO6S/c1-16-7-9-19(10-8-16)30(25,26)23(14-17-5-4-6-18(13-17)27-2)15-21-20(29-21)11-12-22(24)28-3/h4-13,20-21H,14-15H2,1-3H3/b12-11+/t20-,21-/m0/s1. The van der Waals surface area contributed by atoms with E-state index in [1.807, 2.05) is 19.1 Å². The highest BCUT2D eigenvalue weighted by molar-refractivity contribution is 7.89. The normalized spacial score (nSPS) is 18.5. The molecule has 0 spiro atoms. The summed E-state index contributed by atoms with van der Waals surface area (Å²) >= 11 is 0. The summed E-state index contributed by atoms with van der Waals surface area (Å²) in [6, 6.07) is 14.0. The molecule has 2 aromatic carbocycles. The molecule has 8 heteroatoms. The Morgan fingerprint density at radius 1 is 1.17 bits per heavy atom. The molecule has 30 heavy (non-hydrogen) atoms. The fourth-order valence-corrected chi connectivity index (χ4v) is 4.44. The topological polar surface area (TPSA) is 85.4 Å². The molecule has 0 amide bonds. The third-order valence-electron chi connectivity index (χ3n) is 4.78. The zero-order valence-corrected chi connectivity index (χ0v) is 18.0. The maximum Gasteiger partial charge on any atom is 0.330 e. The van der Waals surface area contributed by atoms with E-state index in [1.165, 1.54) is 17.5 Å². The van der Waals surface area contributed by atoms with Crippen LogP contribution in [0.25, 0.3) is 0 Å². The number of carbonyl (C=O) groups excluding carboxylic acids is 1. The number of benzene rings is 2. The predicted octanol–water partition coefficient (Wildman–Crippen LogP) is 2.69. The van der Waals surface area contributed by atoms with E-state index >= 15 is 0 Å². The number of hydrogen-bond acceptors (Lipinski definition) is 6. The molecular formula is C22H25NO6S. The van der Waals surface area contributed by atoms with E-state index in [4.69, 9.17) is 9.47 Å². The molecule has 0 N–H and O–H groups in total. The number of ether oxygens (including phenoxy) is 3. The molecule has 1 fully saturated rings. The highest BCUT2D eigenvalue weighted by Gasteiger charge is 2.41. The predicted molar refractivity (Wildman–Crippen MR) is 112 cm³/mol. The molecule has 1 saturated heterocycles. The zero-order chi connectivity index (χ0) is 21.7. The van der Waals surface area contributed by atoms with Gasteiger partial charge in [0.05, 0.1) is 19.1 Å². The lowest BCUT2D eigenvalue weighted by atomic mass is 10.2. The molecule has 2 aromatic rings. The Bertz CT molecular complexity index is 1020. The van der Waals surface area contributed by atoms with Crippen LogP contribution in [0.4, 0.5) is 0 Å². The molecule has 1 aliphatic rings. The Kier molecular flexibility index (Phi) is 6.91. The van der Waals surface area contributed by atoms with E-state index in [2.05, 4.69) is 4.74 Å². The van der Waals surface area contributed by atoms with Gasteiger partial charge in [-0.2, -0.15) is 4.31 Å². The summed E-state index contributed by atoms with van der Waals surface area (Å²) in [5.41, 5.74) is 1.78. The van der Waals surface area contributed by atoms with E-state index < -0.39 is 16.0 Å². The number of carbonyl (C=O) groups is 1. The number of nitrogens with zero attached hydrogens (tertiary/aromatic N) is 1. The van der Waals surface area contributed by atoms with Crippen LogP contribution in [0, 0.1) is 6.92 Å². The number of esters is 1. The second kappa shape index (κ2) is 9.42. The van der Waals surface area contributed by atoms with E-state index in [9.17, 15) is 13.2 Å². The summed E-state index contributed by atoms with van der Waals surface area (Å²) in [6.45, 7) is 2.23. The first kappa shape index (κ1) is 22.0. The number of rotatable bonds is 9. The third-order valence-corrected chi connectivity index (χ3v) is 6.61. The van der Waals surface area contributed by atoms with Gasteiger partial charge < -0.3 is 14.2 Å². The second-order valence-corrected chi connectivity index (χ2v) is 8.92. The molecule has 0 aromatic heterocycles. The molecule has 7 nitrogen and oxygen atoms in total. The lowest BCUT2D eigenvalue weighted by Gasteiger charge is -2.22. The van der Waals surface area contributed by atoms with Gasteiger partial charge in [0, 0.05) is 19.2 Å². The monoisotopic (exact) mass is 431 g/mol. The first-order valence-corrected chi connectivity index (χ1v) is 10.9. The summed E-state index contributed by atoms with van der Waals surface area (Å²) in [4.78, 5) is 11.5. The summed E-state index contributed by atoms with van der Waals surface area (Å²) in [5, 5.41) is 0. The van der Waals surface area contributed by atoms with Crippen molar-refractivity contribution >= 4 is 16.0 Å². The number of epoxide rings is 1. The molecule has 0 bridgehead atoms. The first-order chi connectivity index (χ1) is 14.3. The van der Waals surface area contributed by atoms with Crippen molar-refractivity contribution in [3.8, 4) is 5.75 Å².